The number of benzene rings is 2. The minimum absolute atomic E-state index is 0.0623. The molecule has 0 aliphatic rings. The highest BCUT2D eigenvalue weighted by Crippen LogP contribution is 2.27. The van der Waals surface area contributed by atoms with E-state index in [1.165, 1.54) is 32.3 Å². The van der Waals surface area contributed by atoms with Crippen molar-refractivity contribution in [3.8, 4) is 0 Å². The van der Waals surface area contributed by atoms with Crippen LogP contribution >= 0.6 is 34.8 Å². The highest BCUT2D eigenvalue weighted by atomic mass is 35.5. The summed E-state index contributed by atoms with van der Waals surface area (Å²) in [5, 5.41) is 0.790. The largest absolute Gasteiger partial charge is 0.457 e. The average Bonchev–Trinajstić information content (AvgIpc) is 2.54. The van der Waals surface area contributed by atoms with E-state index in [2.05, 4.69) is 0 Å². The molecule has 0 N–H and O–H groups in total. The number of carbonyl (C=O) groups is 1. The molecule has 0 fully saturated rings. The van der Waals surface area contributed by atoms with Gasteiger partial charge >= 0.3 is 5.97 Å². The maximum absolute atomic E-state index is 12.3. The van der Waals surface area contributed by atoms with Gasteiger partial charge in [-0.05, 0) is 30.3 Å². The number of carbonyl (C=O) groups excluding carboxylic acids is 1. The van der Waals surface area contributed by atoms with Crippen molar-refractivity contribution in [3.05, 3.63) is 62.6 Å². The Kier molecular flexibility index (Phi) is 6.35. The van der Waals surface area contributed by atoms with Gasteiger partial charge in [-0.3, -0.25) is 0 Å². The first-order chi connectivity index (χ1) is 11.6. The van der Waals surface area contributed by atoms with E-state index in [0.29, 0.717) is 15.6 Å². The van der Waals surface area contributed by atoms with E-state index >= 15 is 0 Å². The fourth-order valence-corrected chi connectivity index (χ4v) is 3.55. The molecule has 2 aromatic rings. The lowest BCUT2D eigenvalue weighted by molar-refractivity contribution is 0.0473. The lowest BCUT2D eigenvalue weighted by Gasteiger charge is -2.13. The number of hydrogen-bond acceptors (Lipinski definition) is 4. The molecule has 0 saturated carbocycles. The lowest BCUT2D eigenvalue weighted by atomic mass is 10.2. The van der Waals surface area contributed by atoms with Crippen LogP contribution in [0.3, 0.4) is 0 Å². The number of halogens is 3. The Labute approximate surface area is 161 Å². The summed E-state index contributed by atoms with van der Waals surface area (Å²) in [5.74, 6) is -0.781. The highest BCUT2D eigenvalue weighted by Gasteiger charge is 2.21. The van der Waals surface area contributed by atoms with E-state index in [9.17, 15) is 13.2 Å². The molecule has 0 heterocycles. The van der Waals surface area contributed by atoms with E-state index in [4.69, 9.17) is 39.5 Å². The van der Waals surface area contributed by atoms with Crippen LogP contribution in [0.15, 0.2) is 41.3 Å². The van der Waals surface area contributed by atoms with Crippen LogP contribution in [0.5, 0.6) is 0 Å². The van der Waals surface area contributed by atoms with E-state index in [1.807, 2.05) is 0 Å². The van der Waals surface area contributed by atoms with Crippen LogP contribution in [0, 0.1) is 0 Å². The molecule has 9 heteroatoms. The zero-order valence-corrected chi connectivity index (χ0v) is 16.4. The first kappa shape index (κ1) is 20.0. The van der Waals surface area contributed by atoms with Crippen molar-refractivity contribution in [1.82, 2.24) is 4.31 Å². The van der Waals surface area contributed by atoms with Crippen molar-refractivity contribution >= 4 is 50.8 Å². The summed E-state index contributed by atoms with van der Waals surface area (Å²) >= 11 is 18.1. The molecule has 0 aromatic heterocycles. The Bertz CT molecular complexity index is 893. The predicted octanol–water partition coefficient (Wildman–Crippen LogP) is 4.25. The monoisotopic (exact) mass is 421 g/mol. The van der Waals surface area contributed by atoms with Gasteiger partial charge in [0.15, 0.2) is 0 Å². The molecule has 5 nitrogen and oxygen atoms in total. The number of hydrogen-bond donors (Lipinski definition) is 0. The van der Waals surface area contributed by atoms with Gasteiger partial charge in [0, 0.05) is 29.7 Å². The van der Waals surface area contributed by atoms with E-state index < -0.39 is 16.0 Å². The third-order valence-corrected chi connectivity index (χ3v) is 6.19. The minimum Gasteiger partial charge on any atom is -0.457 e. The number of esters is 1. The van der Waals surface area contributed by atoms with Crippen molar-refractivity contribution in [3.63, 3.8) is 0 Å². The maximum atomic E-state index is 12.3. The third-order valence-electron chi connectivity index (χ3n) is 3.35. The number of rotatable bonds is 5. The molecule has 0 radical (unpaired) electrons. The lowest BCUT2D eigenvalue weighted by Crippen LogP contribution is -2.22. The normalized spacial score (nSPS) is 11.6. The average molecular weight is 423 g/mol. The van der Waals surface area contributed by atoms with Crippen molar-refractivity contribution in [2.24, 2.45) is 0 Å². The zero-order valence-electron chi connectivity index (χ0n) is 13.3. The van der Waals surface area contributed by atoms with Crippen LogP contribution in [-0.2, 0) is 21.4 Å². The van der Waals surface area contributed by atoms with Gasteiger partial charge in [-0.2, -0.15) is 0 Å². The number of nitrogens with zero attached hydrogens (tertiary/aromatic N) is 1. The molecule has 25 heavy (non-hydrogen) atoms. The summed E-state index contributed by atoms with van der Waals surface area (Å²) < 4.78 is 30.6. The summed E-state index contributed by atoms with van der Waals surface area (Å²) in [5.41, 5.74) is 0.389. The molecule has 2 aromatic carbocycles. The van der Waals surface area contributed by atoms with Crippen molar-refractivity contribution in [2.75, 3.05) is 14.1 Å². The van der Waals surface area contributed by atoms with Gasteiger partial charge in [0.05, 0.1) is 15.5 Å². The van der Waals surface area contributed by atoms with Crippen molar-refractivity contribution in [2.45, 2.75) is 11.5 Å². The highest BCUT2D eigenvalue weighted by molar-refractivity contribution is 7.89. The van der Waals surface area contributed by atoms with Crippen LogP contribution in [0.1, 0.15) is 15.9 Å². The summed E-state index contributed by atoms with van der Waals surface area (Å²) in [6, 6.07) is 8.73. The van der Waals surface area contributed by atoms with Gasteiger partial charge in [-0.25, -0.2) is 17.5 Å². The molecule has 0 bridgehead atoms. The fourth-order valence-electron chi connectivity index (χ4n) is 1.92. The van der Waals surface area contributed by atoms with Gasteiger partial charge in [-0.1, -0.05) is 40.9 Å². The maximum Gasteiger partial charge on any atom is 0.340 e. The topological polar surface area (TPSA) is 63.7 Å². The van der Waals surface area contributed by atoms with E-state index in [1.54, 1.807) is 18.2 Å². The van der Waals surface area contributed by atoms with Gasteiger partial charge in [-0.15, -0.1) is 0 Å². The van der Waals surface area contributed by atoms with Crippen LogP contribution in [0.2, 0.25) is 15.1 Å². The van der Waals surface area contributed by atoms with E-state index in [0.717, 1.165) is 4.31 Å². The van der Waals surface area contributed by atoms with Crippen LogP contribution in [-0.4, -0.2) is 32.8 Å². The first-order valence-electron chi connectivity index (χ1n) is 6.96. The molecule has 134 valence electrons. The molecule has 0 aliphatic carbocycles. The summed E-state index contributed by atoms with van der Waals surface area (Å²) in [6.45, 7) is -0.168. The Balaban J connectivity index is 2.28. The second-order valence-corrected chi connectivity index (χ2v) is 8.58. The fraction of sp³-hybridized carbons (Fsp3) is 0.188. The van der Waals surface area contributed by atoms with Gasteiger partial charge in [0.2, 0.25) is 10.0 Å². The standard InChI is InChI=1S/C16H14Cl3NO4S/c1-20(2)25(22,23)10-6-7-15(19)11(8-10)16(21)24-9-12-13(17)4-3-5-14(12)18/h3-8H,9H2,1-2H3. The van der Waals surface area contributed by atoms with Crippen LogP contribution in [0.4, 0.5) is 0 Å². The number of sulfonamides is 1. The Hall–Kier alpha value is -1.31. The Morgan fingerprint density at radius 2 is 1.64 bits per heavy atom. The second kappa shape index (κ2) is 7.93. The predicted molar refractivity (Wildman–Crippen MR) is 97.9 cm³/mol. The summed E-state index contributed by atoms with van der Waals surface area (Å²) in [6.07, 6.45) is 0. The first-order valence-corrected chi connectivity index (χ1v) is 9.54. The smallest absolute Gasteiger partial charge is 0.340 e. The van der Waals surface area contributed by atoms with Gasteiger partial charge in [0.25, 0.3) is 0 Å². The molecule has 0 saturated heterocycles. The van der Waals surface area contributed by atoms with E-state index in [-0.39, 0.29) is 22.1 Å². The molecule has 2 rings (SSSR count). The molecule has 0 unspecified atom stereocenters. The molecule has 0 spiro atoms. The van der Waals surface area contributed by atoms with Crippen LogP contribution < -0.4 is 0 Å². The van der Waals surface area contributed by atoms with Crippen LogP contribution in [0.25, 0.3) is 0 Å². The Morgan fingerprint density at radius 3 is 2.20 bits per heavy atom. The third kappa shape index (κ3) is 4.46. The molecule has 0 aliphatic heterocycles. The SMILES string of the molecule is CN(C)S(=O)(=O)c1ccc(Cl)c(C(=O)OCc2c(Cl)cccc2Cl)c1. The minimum atomic E-state index is -3.71. The number of ether oxygens (including phenoxy) is 1. The van der Waals surface area contributed by atoms with Crippen molar-refractivity contribution in [1.29, 1.82) is 0 Å². The van der Waals surface area contributed by atoms with Gasteiger partial charge in [0.1, 0.15) is 6.61 Å². The molecular weight excluding hydrogens is 409 g/mol. The Morgan fingerprint density at radius 1 is 1.04 bits per heavy atom. The quantitative estimate of drug-likeness (QED) is 0.676. The summed E-state index contributed by atoms with van der Waals surface area (Å²) in [7, 11) is -0.925. The molecule has 0 amide bonds. The molecule has 0 atom stereocenters. The zero-order chi connectivity index (χ0) is 18.8. The van der Waals surface area contributed by atoms with Crippen molar-refractivity contribution < 1.29 is 17.9 Å². The second-order valence-electron chi connectivity index (χ2n) is 5.21. The molecular formula is C16H14Cl3NO4S. The summed E-state index contributed by atoms with van der Waals surface area (Å²) in [4.78, 5) is 12.2. The van der Waals surface area contributed by atoms with Gasteiger partial charge < -0.3 is 4.74 Å².